The summed E-state index contributed by atoms with van der Waals surface area (Å²) in [6, 6.07) is 3.14. The molecule has 1 N–H and O–H groups in total. The summed E-state index contributed by atoms with van der Waals surface area (Å²) >= 11 is 0. The first-order valence-corrected chi connectivity index (χ1v) is 10.8. The molecule has 1 aliphatic rings. The number of amides is 2. The van der Waals surface area contributed by atoms with E-state index in [-0.39, 0.29) is 29.3 Å². The topological polar surface area (TPSA) is 103 Å². The maximum atomic E-state index is 12.5. The van der Waals surface area contributed by atoms with Gasteiger partial charge in [0, 0.05) is 51.7 Å². The summed E-state index contributed by atoms with van der Waals surface area (Å²) in [4.78, 5) is 32.0. The molecule has 0 aliphatic carbocycles. The van der Waals surface area contributed by atoms with Gasteiger partial charge < -0.3 is 10.2 Å². The number of nitrogens with zero attached hydrogens (tertiary/aromatic N) is 4. The van der Waals surface area contributed by atoms with Crippen LogP contribution >= 0.6 is 0 Å². The van der Waals surface area contributed by atoms with E-state index in [2.05, 4.69) is 10.3 Å². The molecule has 2 rings (SSSR count). The largest absolute Gasteiger partial charge is 0.353 e. The first kappa shape index (κ1) is 22.3. The Morgan fingerprint density at radius 1 is 1.29 bits per heavy atom. The number of nitrogens with one attached hydrogen (secondary N) is 1. The summed E-state index contributed by atoms with van der Waals surface area (Å²) in [7, 11) is -2.37. The van der Waals surface area contributed by atoms with Crippen molar-refractivity contribution in [3.8, 4) is 0 Å². The van der Waals surface area contributed by atoms with E-state index in [9.17, 15) is 18.0 Å². The number of carbonyl (C=O) groups is 2. The maximum absolute atomic E-state index is 12.5. The van der Waals surface area contributed by atoms with Crippen LogP contribution < -0.4 is 5.32 Å². The number of aromatic nitrogens is 1. The van der Waals surface area contributed by atoms with E-state index >= 15 is 0 Å². The Kier molecular flexibility index (Phi) is 7.90. The predicted octanol–water partition coefficient (Wildman–Crippen LogP) is -0.239. The van der Waals surface area contributed by atoms with Crippen molar-refractivity contribution in [1.29, 1.82) is 0 Å². The summed E-state index contributed by atoms with van der Waals surface area (Å²) in [5, 5.41) is 2.93. The lowest BCUT2D eigenvalue weighted by molar-refractivity contribution is -0.133. The van der Waals surface area contributed by atoms with Crippen molar-refractivity contribution in [2.75, 3.05) is 46.3 Å². The van der Waals surface area contributed by atoms with Crippen molar-refractivity contribution >= 4 is 21.8 Å². The maximum Gasteiger partial charge on any atom is 0.244 e. The average Bonchev–Trinajstić information content (AvgIpc) is 2.68. The van der Waals surface area contributed by atoms with Gasteiger partial charge in [-0.2, -0.15) is 4.31 Å². The molecule has 2 heterocycles. The molecule has 1 unspecified atom stereocenters. The molecule has 2 amide bonds. The monoisotopic (exact) mass is 411 g/mol. The molecule has 0 spiro atoms. The third-order valence-corrected chi connectivity index (χ3v) is 6.60. The molecule has 0 radical (unpaired) electrons. The number of rotatable bonds is 8. The lowest BCUT2D eigenvalue weighted by atomic mass is 10.2. The van der Waals surface area contributed by atoms with Gasteiger partial charge in [-0.25, -0.2) is 8.42 Å². The number of hydrogen-bond donors (Lipinski definition) is 1. The van der Waals surface area contributed by atoms with Crippen molar-refractivity contribution in [2.45, 2.75) is 31.2 Å². The van der Waals surface area contributed by atoms with Crippen LogP contribution in [0.1, 0.15) is 20.3 Å². The molecule has 1 saturated heterocycles. The van der Waals surface area contributed by atoms with Crippen LogP contribution in [0.2, 0.25) is 0 Å². The van der Waals surface area contributed by atoms with E-state index < -0.39 is 10.0 Å². The number of hydrogen-bond acceptors (Lipinski definition) is 6. The summed E-state index contributed by atoms with van der Waals surface area (Å²) in [5.41, 5.74) is 0. The van der Waals surface area contributed by atoms with Gasteiger partial charge in [0.2, 0.25) is 21.8 Å². The Bertz CT molecular complexity index is 763. The zero-order chi connectivity index (χ0) is 20.7. The highest BCUT2D eigenvalue weighted by molar-refractivity contribution is 7.89. The molecule has 9 nitrogen and oxygen atoms in total. The fraction of sp³-hybridized carbons (Fsp3) is 0.611. The molecule has 1 fully saturated rings. The van der Waals surface area contributed by atoms with Gasteiger partial charge in [0.15, 0.2) is 0 Å². The van der Waals surface area contributed by atoms with E-state index in [0.717, 1.165) is 10.7 Å². The second kappa shape index (κ2) is 9.94. The first-order chi connectivity index (χ1) is 13.2. The van der Waals surface area contributed by atoms with Gasteiger partial charge in [0.25, 0.3) is 0 Å². The highest BCUT2D eigenvalue weighted by Crippen LogP contribution is 2.13. The highest BCUT2D eigenvalue weighted by Gasteiger charge is 2.27. The smallest absolute Gasteiger partial charge is 0.244 e. The molecule has 1 atom stereocenters. The second-order valence-corrected chi connectivity index (χ2v) is 9.03. The van der Waals surface area contributed by atoms with Crippen molar-refractivity contribution < 1.29 is 18.0 Å². The standard InChI is InChI=1S/C18H29N5O4S/c1-4-15(2)20-17(24)13-22-8-10-23(11-9-22)18(25)14-21(3)28(26,27)16-6-5-7-19-12-16/h5-7,12,15H,4,8-11,13-14H2,1-3H3,(H,20,24). The molecule has 1 aromatic rings. The minimum atomic E-state index is -3.75. The molecule has 1 aliphatic heterocycles. The quantitative estimate of drug-likeness (QED) is 0.633. The van der Waals surface area contributed by atoms with Crippen LogP contribution in [0, 0.1) is 0 Å². The predicted molar refractivity (Wildman–Crippen MR) is 105 cm³/mol. The van der Waals surface area contributed by atoms with Gasteiger partial charge in [-0.3, -0.25) is 19.5 Å². The summed E-state index contributed by atoms with van der Waals surface area (Å²) in [6.07, 6.45) is 3.63. The molecule has 28 heavy (non-hydrogen) atoms. The van der Waals surface area contributed by atoms with Crippen LogP contribution in [0.15, 0.2) is 29.4 Å². The Morgan fingerprint density at radius 2 is 1.96 bits per heavy atom. The number of sulfonamides is 1. The van der Waals surface area contributed by atoms with Crippen molar-refractivity contribution in [3.05, 3.63) is 24.5 Å². The van der Waals surface area contributed by atoms with Crippen molar-refractivity contribution in [3.63, 3.8) is 0 Å². The molecule has 156 valence electrons. The van der Waals surface area contributed by atoms with Gasteiger partial charge >= 0.3 is 0 Å². The minimum absolute atomic E-state index is 0.0172. The zero-order valence-electron chi connectivity index (χ0n) is 16.7. The Hall–Kier alpha value is -2.04. The van der Waals surface area contributed by atoms with Gasteiger partial charge in [0.05, 0.1) is 13.1 Å². The van der Waals surface area contributed by atoms with Crippen LogP contribution in [0.25, 0.3) is 0 Å². The van der Waals surface area contributed by atoms with E-state index in [0.29, 0.717) is 32.7 Å². The van der Waals surface area contributed by atoms with Gasteiger partial charge in [-0.15, -0.1) is 0 Å². The Morgan fingerprint density at radius 3 is 2.54 bits per heavy atom. The molecule has 0 bridgehead atoms. The molecule has 10 heteroatoms. The average molecular weight is 412 g/mol. The van der Waals surface area contributed by atoms with E-state index in [4.69, 9.17) is 0 Å². The molecular formula is C18H29N5O4S. The van der Waals surface area contributed by atoms with Crippen molar-refractivity contribution in [1.82, 2.24) is 24.4 Å². The van der Waals surface area contributed by atoms with E-state index in [1.54, 1.807) is 11.0 Å². The van der Waals surface area contributed by atoms with Gasteiger partial charge in [-0.05, 0) is 25.5 Å². The molecule has 1 aromatic heterocycles. The number of piperazine rings is 1. The third kappa shape index (κ3) is 5.98. The van der Waals surface area contributed by atoms with E-state index in [1.165, 1.54) is 25.5 Å². The number of pyridine rings is 1. The van der Waals surface area contributed by atoms with Crippen molar-refractivity contribution in [2.24, 2.45) is 0 Å². The van der Waals surface area contributed by atoms with Crippen LogP contribution in [0.4, 0.5) is 0 Å². The Labute approximate surface area is 166 Å². The van der Waals surface area contributed by atoms with Crippen LogP contribution in [0.3, 0.4) is 0 Å². The summed E-state index contributed by atoms with van der Waals surface area (Å²) in [6.45, 7) is 6.16. The lowest BCUT2D eigenvalue weighted by Gasteiger charge is -2.35. The fourth-order valence-electron chi connectivity index (χ4n) is 2.84. The van der Waals surface area contributed by atoms with Gasteiger partial charge in [-0.1, -0.05) is 6.92 Å². The highest BCUT2D eigenvalue weighted by atomic mass is 32.2. The minimum Gasteiger partial charge on any atom is -0.353 e. The molecule has 0 saturated carbocycles. The fourth-order valence-corrected chi connectivity index (χ4v) is 3.92. The third-order valence-electron chi connectivity index (χ3n) is 4.81. The van der Waals surface area contributed by atoms with Crippen LogP contribution in [-0.4, -0.2) is 91.7 Å². The van der Waals surface area contributed by atoms with Gasteiger partial charge in [0.1, 0.15) is 4.90 Å². The SMILES string of the molecule is CCC(C)NC(=O)CN1CCN(C(=O)CN(C)S(=O)(=O)c2cccnc2)CC1. The second-order valence-electron chi connectivity index (χ2n) is 6.98. The first-order valence-electron chi connectivity index (χ1n) is 9.40. The summed E-state index contributed by atoms with van der Waals surface area (Å²) < 4.78 is 26.0. The Balaban J connectivity index is 1.83. The van der Waals surface area contributed by atoms with Crippen LogP contribution in [0.5, 0.6) is 0 Å². The number of carbonyl (C=O) groups excluding carboxylic acids is 2. The number of likely N-dealkylation sites (N-methyl/N-ethyl adjacent to an activating group) is 1. The molecular weight excluding hydrogens is 382 g/mol. The zero-order valence-corrected chi connectivity index (χ0v) is 17.5. The lowest BCUT2D eigenvalue weighted by Crippen LogP contribution is -2.53. The van der Waals surface area contributed by atoms with E-state index in [1.807, 2.05) is 18.7 Å². The summed E-state index contributed by atoms with van der Waals surface area (Å²) in [5.74, 6) is -0.268. The molecule has 0 aromatic carbocycles. The van der Waals surface area contributed by atoms with Crippen LogP contribution in [-0.2, 0) is 19.6 Å². The normalized spacial score (nSPS) is 16.8.